The monoisotopic (exact) mass is 452 g/mol. The molecule has 0 saturated heterocycles. The number of hydrogen-bond acceptors (Lipinski definition) is 4. The van der Waals surface area contributed by atoms with E-state index in [9.17, 15) is 18.8 Å². The number of carbonyl (C=O) groups excluding carboxylic acids is 2. The van der Waals surface area contributed by atoms with Gasteiger partial charge in [0.15, 0.2) is 0 Å². The summed E-state index contributed by atoms with van der Waals surface area (Å²) in [5.74, 6) is -1.62. The topological polar surface area (TPSA) is 93.1 Å². The van der Waals surface area contributed by atoms with Crippen LogP contribution < -0.4 is 16.2 Å². The average Bonchev–Trinajstić information content (AvgIpc) is 2.76. The van der Waals surface area contributed by atoms with Crippen LogP contribution >= 0.6 is 11.6 Å². The number of hydrogen-bond donors (Lipinski definition) is 2. The highest BCUT2D eigenvalue weighted by Gasteiger charge is 2.29. The molecule has 1 aliphatic heterocycles. The van der Waals surface area contributed by atoms with E-state index >= 15 is 0 Å². The van der Waals surface area contributed by atoms with Crippen LogP contribution in [0.25, 0.3) is 5.69 Å². The van der Waals surface area contributed by atoms with Gasteiger partial charge in [0, 0.05) is 42.1 Å². The molecule has 7 nitrogen and oxygen atoms in total. The number of aryl methyl sites for hydroxylation is 1. The predicted molar refractivity (Wildman–Crippen MR) is 118 cm³/mol. The Morgan fingerprint density at radius 1 is 1.22 bits per heavy atom. The molecule has 162 valence electrons. The van der Waals surface area contributed by atoms with E-state index in [1.54, 1.807) is 31.2 Å². The first-order valence-corrected chi connectivity index (χ1v) is 10.1. The Hall–Kier alpha value is -3.78. The SMILES string of the molecule is Cc1cc(Cl)c(-n2ncccc2=O)cc1NC(=O)C1=CNC(=O)CC1c1ccc(F)cc1. The molecule has 2 aromatic carbocycles. The van der Waals surface area contributed by atoms with E-state index in [4.69, 9.17) is 11.6 Å². The summed E-state index contributed by atoms with van der Waals surface area (Å²) < 4.78 is 14.5. The van der Waals surface area contributed by atoms with E-state index in [0.717, 1.165) is 4.68 Å². The molecule has 0 spiro atoms. The summed E-state index contributed by atoms with van der Waals surface area (Å²) in [6.45, 7) is 1.76. The molecule has 2 amide bonds. The zero-order chi connectivity index (χ0) is 22.8. The van der Waals surface area contributed by atoms with Crippen molar-refractivity contribution in [2.24, 2.45) is 0 Å². The zero-order valence-corrected chi connectivity index (χ0v) is 17.7. The number of nitrogens with one attached hydrogen (secondary N) is 2. The maximum absolute atomic E-state index is 13.3. The van der Waals surface area contributed by atoms with Crippen molar-refractivity contribution in [2.75, 3.05) is 5.32 Å². The van der Waals surface area contributed by atoms with Crippen LogP contribution in [0.2, 0.25) is 5.02 Å². The Morgan fingerprint density at radius 2 is 1.97 bits per heavy atom. The van der Waals surface area contributed by atoms with Gasteiger partial charge in [0.05, 0.1) is 10.7 Å². The Bertz CT molecular complexity index is 1300. The first-order chi connectivity index (χ1) is 15.3. The molecule has 1 unspecified atom stereocenters. The van der Waals surface area contributed by atoms with Crippen LogP contribution in [0.5, 0.6) is 0 Å². The first kappa shape index (κ1) is 21.5. The van der Waals surface area contributed by atoms with Gasteiger partial charge in [-0.15, -0.1) is 0 Å². The van der Waals surface area contributed by atoms with Gasteiger partial charge >= 0.3 is 0 Å². The molecule has 2 heterocycles. The van der Waals surface area contributed by atoms with Crippen LogP contribution in [0.4, 0.5) is 10.1 Å². The maximum Gasteiger partial charge on any atom is 0.271 e. The number of anilines is 1. The summed E-state index contributed by atoms with van der Waals surface area (Å²) in [6, 6.07) is 11.8. The van der Waals surface area contributed by atoms with E-state index in [1.165, 1.54) is 36.7 Å². The lowest BCUT2D eigenvalue weighted by atomic mass is 9.86. The van der Waals surface area contributed by atoms with Gasteiger partial charge < -0.3 is 10.6 Å². The van der Waals surface area contributed by atoms with Crippen LogP contribution in [-0.2, 0) is 9.59 Å². The number of benzene rings is 2. The molecule has 0 radical (unpaired) electrons. The Kier molecular flexibility index (Phi) is 5.87. The van der Waals surface area contributed by atoms with Crippen molar-refractivity contribution in [3.05, 3.63) is 98.8 Å². The number of carbonyl (C=O) groups is 2. The average molecular weight is 453 g/mol. The minimum atomic E-state index is -0.533. The number of halogens is 2. The normalized spacial score (nSPS) is 15.7. The lowest BCUT2D eigenvalue weighted by Crippen LogP contribution is -2.32. The van der Waals surface area contributed by atoms with Crippen molar-refractivity contribution in [2.45, 2.75) is 19.3 Å². The second-order valence-corrected chi connectivity index (χ2v) is 7.73. The van der Waals surface area contributed by atoms with Crippen molar-refractivity contribution >= 4 is 29.1 Å². The van der Waals surface area contributed by atoms with Gasteiger partial charge in [0.1, 0.15) is 5.82 Å². The minimum Gasteiger partial charge on any atom is -0.332 e. The highest BCUT2D eigenvalue weighted by molar-refractivity contribution is 6.32. The zero-order valence-electron chi connectivity index (χ0n) is 16.9. The van der Waals surface area contributed by atoms with Crippen LogP contribution in [0.15, 0.2) is 71.3 Å². The Labute approximate surface area is 187 Å². The van der Waals surface area contributed by atoms with Gasteiger partial charge in [0.2, 0.25) is 5.91 Å². The van der Waals surface area contributed by atoms with Crippen LogP contribution in [-0.4, -0.2) is 21.6 Å². The number of aromatic nitrogens is 2. The highest BCUT2D eigenvalue weighted by Crippen LogP contribution is 2.32. The summed E-state index contributed by atoms with van der Waals surface area (Å²) in [5.41, 5.74) is 2.03. The van der Waals surface area contributed by atoms with Crippen molar-refractivity contribution < 1.29 is 14.0 Å². The quantitative estimate of drug-likeness (QED) is 0.634. The fraction of sp³-hybridized carbons (Fsp3) is 0.130. The minimum absolute atomic E-state index is 0.0546. The van der Waals surface area contributed by atoms with E-state index in [0.29, 0.717) is 33.1 Å². The third-order valence-electron chi connectivity index (χ3n) is 5.17. The van der Waals surface area contributed by atoms with E-state index in [-0.39, 0.29) is 17.9 Å². The smallest absolute Gasteiger partial charge is 0.271 e. The fourth-order valence-electron chi connectivity index (χ4n) is 3.52. The molecule has 0 saturated carbocycles. The van der Waals surface area contributed by atoms with Crippen LogP contribution in [0, 0.1) is 12.7 Å². The van der Waals surface area contributed by atoms with Crippen molar-refractivity contribution in [1.29, 1.82) is 0 Å². The molecule has 2 N–H and O–H groups in total. The molecule has 32 heavy (non-hydrogen) atoms. The molecule has 3 aromatic rings. The lowest BCUT2D eigenvalue weighted by Gasteiger charge is -2.24. The molecule has 1 aliphatic rings. The number of nitrogens with zero attached hydrogens (tertiary/aromatic N) is 2. The van der Waals surface area contributed by atoms with Crippen LogP contribution in [0.1, 0.15) is 23.5 Å². The molecule has 0 aliphatic carbocycles. The van der Waals surface area contributed by atoms with Crippen LogP contribution in [0.3, 0.4) is 0 Å². The van der Waals surface area contributed by atoms with E-state index < -0.39 is 17.6 Å². The summed E-state index contributed by atoms with van der Waals surface area (Å²) in [5, 5.41) is 9.73. The second kappa shape index (κ2) is 8.76. The van der Waals surface area contributed by atoms with Gasteiger partial charge in [-0.05, 0) is 48.4 Å². The summed E-state index contributed by atoms with van der Waals surface area (Å²) in [4.78, 5) is 37.3. The van der Waals surface area contributed by atoms with Gasteiger partial charge in [-0.2, -0.15) is 9.78 Å². The van der Waals surface area contributed by atoms with Gasteiger partial charge in [-0.1, -0.05) is 23.7 Å². The van der Waals surface area contributed by atoms with E-state index in [2.05, 4.69) is 15.7 Å². The van der Waals surface area contributed by atoms with Gasteiger partial charge in [-0.3, -0.25) is 14.4 Å². The predicted octanol–water partition coefficient (Wildman–Crippen LogP) is 3.46. The summed E-state index contributed by atoms with van der Waals surface area (Å²) in [6.07, 6.45) is 2.88. The van der Waals surface area contributed by atoms with Crippen molar-refractivity contribution in [3.8, 4) is 5.69 Å². The molecule has 1 atom stereocenters. The molecule has 0 bridgehead atoms. The molecule has 1 aromatic heterocycles. The largest absolute Gasteiger partial charge is 0.332 e. The summed E-state index contributed by atoms with van der Waals surface area (Å²) >= 11 is 6.32. The van der Waals surface area contributed by atoms with Crippen molar-refractivity contribution in [1.82, 2.24) is 15.1 Å². The fourth-order valence-corrected chi connectivity index (χ4v) is 3.82. The molecule has 4 rings (SSSR count). The molecule has 0 fully saturated rings. The maximum atomic E-state index is 13.3. The van der Waals surface area contributed by atoms with Crippen molar-refractivity contribution in [3.63, 3.8) is 0 Å². The Morgan fingerprint density at radius 3 is 2.69 bits per heavy atom. The molecular weight excluding hydrogens is 435 g/mol. The molecule has 9 heteroatoms. The van der Waals surface area contributed by atoms with E-state index in [1.807, 2.05) is 0 Å². The standard InChI is InChI=1S/C23H18ClFN4O3/c1-13-9-18(24)20(29-22(31)3-2-8-27-29)11-19(13)28-23(32)17-12-26-21(30)10-16(17)14-4-6-15(25)7-5-14/h2-9,11-12,16H,10H2,1H3,(H,26,30)(H,28,32). The third kappa shape index (κ3) is 4.31. The molecular formula is C23H18ClFN4O3. The van der Waals surface area contributed by atoms with Gasteiger partial charge in [0.25, 0.3) is 11.5 Å². The van der Waals surface area contributed by atoms with Gasteiger partial charge in [-0.25, -0.2) is 4.39 Å². The number of amides is 2. The lowest BCUT2D eigenvalue weighted by molar-refractivity contribution is -0.121. The number of rotatable bonds is 4. The Balaban J connectivity index is 1.67. The summed E-state index contributed by atoms with van der Waals surface area (Å²) in [7, 11) is 0. The third-order valence-corrected chi connectivity index (χ3v) is 5.48. The first-order valence-electron chi connectivity index (χ1n) is 9.74. The highest BCUT2D eigenvalue weighted by atomic mass is 35.5. The second-order valence-electron chi connectivity index (χ2n) is 7.32.